The molecule has 1 heterocycles. The number of alkyl halides is 4. The second-order valence-electron chi connectivity index (χ2n) is 5.54. The Balaban J connectivity index is 2.99. The molecule has 11 heteroatoms. The van der Waals surface area contributed by atoms with Crippen molar-refractivity contribution in [2.24, 2.45) is 0 Å². The van der Waals surface area contributed by atoms with Crippen molar-refractivity contribution in [1.82, 2.24) is 0 Å². The molecule has 24 heavy (non-hydrogen) atoms. The van der Waals surface area contributed by atoms with E-state index in [1.54, 1.807) is 0 Å². The van der Waals surface area contributed by atoms with E-state index < -0.39 is 54.4 Å². The number of halogens is 4. The second kappa shape index (κ2) is 6.91. The number of hydrogen-bond acceptors (Lipinski definition) is 7. The first-order valence-electron chi connectivity index (χ1n) is 6.70. The zero-order valence-corrected chi connectivity index (χ0v) is 13.2. The quantitative estimate of drug-likeness (QED) is 0.426. The fourth-order valence-corrected chi connectivity index (χ4v) is 2.09. The van der Waals surface area contributed by atoms with Crippen LogP contribution in [-0.4, -0.2) is 54.4 Å². The van der Waals surface area contributed by atoms with E-state index in [0.29, 0.717) is 0 Å². The van der Waals surface area contributed by atoms with Gasteiger partial charge in [0.25, 0.3) is 0 Å². The third-order valence-corrected chi connectivity index (χ3v) is 3.01. The molecule has 0 spiro atoms. The number of hydrogen-bond donors (Lipinski definition) is 0. The Labute approximate surface area is 134 Å². The largest absolute Gasteiger partial charge is 0.490 e. The molecular formula is C13H16F4O7. The molecule has 1 aliphatic heterocycles. The molecule has 4 atom stereocenters. The summed E-state index contributed by atoms with van der Waals surface area (Å²) >= 11 is 0. The van der Waals surface area contributed by atoms with Crippen LogP contribution in [0.1, 0.15) is 27.7 Å². The molecule has 0 aliphatic carbocycles. The molecule has 0 unspecified atom stereocenters. The maximum Gasteiger partial charge on any atom is 0.490 e. The number of carbonyl (C=O) groups is 3. The second-order valence-corrected chi connectivity index (χ2v) is 5.54. The molecule has 0 N–H and O–H groups in total. The van der Waals surface area contributed by atoms with Gasteiger partial charge in [-0.2, -0.15) is 13.2 Å². The van der Waals surface area contributed by atoms with Crippen molar-refractivity contribution in [3.05, 3.63) is 0 Å². The lowest BCUT2D eigenvalue weighted by Gasteiger charge is -2.31. The van der Waals surface area contributed by atoms with Crippen LogP contribution in [0.25, 0.3) is 0 Å². The summed E-state index contributed by atoms with van der Waals surface area (Å²) in [4.78, 5) is 33.0. The van der Waals surface area contributed by atoms with Crippen molar-refractivity contribution in [1.29, 1.82) is 0 Å². The van der Waals surface area contributed by atoms with Crippen molar-refractivity contribution in [3.8, 4) is 0 Å². The van der Waals surface area contributed by atoms with E-state index in [1.807, 2.05) is 0 Å². The van der Waals surface area contributed by atoms with Gasteiger partial charge in [0, 0.05) is 13.8 Å². The van der Waals surface area contributed by atoms with E-state index in [1.165, 1.54) is 0 Å². The van der Waals surface area contributed by atoms with E-state index >= 15 is 0 Å². The summed E-state index contributed by atoms with van der Waals surface area (Å²) in [5.74, 6) is -4.35. The minimum Gasteiger partial charge on any atom is -0.453 e. The average Bonchev–Trinajstić information content (AvgIpc) is 2.65. The zero-order valence-electron chi connectivity index (χ0n) is 13.2. The molecule has 0 amide bonds. The van der Waals surface area contributed by atoms with Gasteiger partial charge in [-0.25, -0.2) is 9.18 Å². The first-order chi connectivity index (χ1) is 10.8. The first kappa shape index (κ1) is 20.1. The summed E-state index contributed by atoms with van der Waals surface area (Å²) in [6.07, 6.45) is -12.6. The Morgan fingerprint density at radius 3 is 1.92 bits per heavy atom. The molecule has 0 aromatic heterocycles. The molecule has 1 rings (SSSR count). The van der Waals surface area contributed by atoms with Gasteiger partial charge in [0.15, 0.2) is 12.3 Å². The Bertz CT molecular complexity index is 517. The zero-order chi connectivity index (χ0) is 18.9. The van der Waals surface area contributed by atoms with Crippen molar-refractivity contribution >= 4 is 17.9 Å². The predicted octanol–water partition coefficient (Wildman–Crippen LogP) is 1.43. The summed E-state index contributed by atoms with van der Waals surface area (Å²) in [6, 6.07) is 0. The van der Waals surface area contributed by atoms with Gasteiger partial charge < -0.3 is 18.9 Å². The fraction of sp³-hybridized carbons (Fsp3) is 0.769. The highest BCUT2D eigenvalue weighted by Crippen LogP contribution is 2.36. The van der Waals surface area contributed by atoms with Gasteiger partial charge in [-0.05, 0) is 13.8 Å². The van der Waals surface area contributed by atoms with Crippen molar-refractivity contribution in [3.63, 3.8) is 0 Å². The van der Waals surface area contributed by atoms with Gasteiger partial charge >= 0.3 is 24.1 Å². The maximum atomic E-state index is 14.5. The van der Waals surface area contributed by atoms with Crippen LogP contribution in [0.5, 0.6) is 0 Å². The molecule has 1 aliphatic rings. The highest BCUT2D eigenvalue weighted by Gasteiger charge is 2.57. The Morgan fingerprint density at radius 2 is 1.50 bits per heavy atom. The van der Waals surface area contributed by atoms with Crippen LogP contribution in [0.15, 0.2) is 0 Å². The smallest absolute Gasteiger partial charge is 0.453 e. The van der Waals surface area contributed by atoms with Crippen LogP contribution in [0.4, 0.5) is 17.6 Å². The number of esters is 3. The number of carbonyl (C=O) groups excluding carboxylic acids is 3. The van der Waals surface area contributed by atoms with Crippen LogP contribution in [0.2, 0.25) is 0 Å². The van der Waals surface area contributed by atoms with Crippen LogP contribution in [0.3, 0.4) is 0 Å². The summed E-state index contributed by atoms with van der Waals surface area (Å²) in [5, 5.41) is 0. The van der Waals surface area contributed by atoms with E-state index in [9.17, 15) is 31.9 Å². The van der Waals surface area contributed by atoms with Crippen LogP contribution in [-0.2, 0) is 33.3 Å². The average molecular weight is 360 g/mol. The topological polar surface area (TPSA) is 88.1 Å². The fourth-order valence-electron chi connectivity index (χ4n) is 2.09. The minimum absolute atomic E-state index is 0.893. The molecule has 0 radical (unpaired) electrons. The minimum atomic E-state index is -5.29. The van der Waals surface area contributed by atoms with E-state index in [4.69, 9.17) is 4.74 Å². The van der Waals surface area contributed by atoms with Crippen molar-refractivity contribution in [2.75, 3.05) is 0 Å². The Kier molecular flexibility index (Phi) is 5.80. The van der Waals surface area contributed by atoms with Crippen LogP contribution in [0, 0.1) is 0 Å². The summed E-state index contributed by atoms with van der Waals surface area (Å²) < 4.78 is 70.0. The lowest BCUT2D eigenvalue weighted by Crippen LogP contribution is -2.48. The first-order valence-corrected chi connectivity index (χ1v) is 6.70. The normalized spacial score (nSPS) is 27.5. The molecule has 138 valence electrons. The van der Waals surface area contributed by atoms with E-state index in [2.05, 4.69) is 14.2 Å². The van der Waals surface area contributed by atoms with Crippen molar-refractivity contribution < 1.29 is 50.9 Å². The molecule has 1 saturated heterocycles. The Hall–Kier alpha value is -1.91. The molecule has 7 nitrogen and oxygen atoms in total. The SMILES string of the molecule is CC(=O)O[C@@H]1O[C@H](C(C)(C)OC(=O)C(F)(F)F)[C@H](F)[C@H]1OC(C)=O. The summed E-state index contributed by atoms with van der Waals surface area (Å²) in [6.45, 7) is 3.90. The molecular weight excluding hydrogens is 344 g/mol. The monoisotopic (exact) mass is 360 g/mol. The van der Waals surface area contributed by atoms with Crippen LogP contribution >= 0.6 is 0 Å². The predicted molar refractivity (Wildman–Crippen MR) is 67.1 cm³/mol. The van der Waals surface area contributed by atoms with Gasteiger partial charge in [-0.3, -0.25) is 9.59 Å². The molecule has 1 fully saturated rings. The van der Waals surface area contributed by atoms with Gasteiger partial charge in [0.2, 0.25) is 6.29 Å². The summed E-state index contributed by atoms with van der Waals surface area (Å²) in [5.41, 5.74) is -2.08. The highest BCUT2D eigenvalue weighted by atomic mass is 19.4. The van der Waals surface area contributed by atoms with Gasteiger partial charge in [-0.1, -0.05) is 0 Å². The van der Waals surface area contributed by atoms with Crippen molar-refractivity contribution in [2.45, 2.75) is 64.1 Å². The molecule has 0 aromatic carbocycles. The van der Waals surface area contributed by atoms with E-state index in [0.717, 1.165) is 27.7 Å². The van der Waals surface area contributed by atoms with E-state index in [-0.39, 0.29) is 0 Å². The van der Waals surface area contributed by atoms with Gasteiger partial charge in [0.05, 0.1) is 0 Å². The third-order valence-electron chi connectivity index (χ3n) is 3.01. The molecule has 0 aromatic rings. The lowest BCUT2D eigenvalue weighted by molar-refractivity contribution is -0.231. The standard InChI is InChI=1S/C13H16F4O7/c1-5(18)21-8-7(14)9(23-10(8)22-6(2)19)12(3,4)24-11(20)13(15,16)17/h7-10H,1-4H3/t7-,8-,9+,10-/m1/s1. The lowest BCUT2D eigenvalue weighted by atomic mass is 9.96. The number of rotatable bonds is 4. The maximum absolute atomic E-state index is 14.5. The van der Waals surface area contributed by atoms with Gasteiger partial charge in [-0.15, -0.1) is 0 Å². The molecule has 0 saturated carbocycles. The van der Waals surface area contributed by atoms with Crippen LogP contribution < -0.4 is 0 Å². The molecule has 0 bridgehead atoms. The Morgan fingerprint density at radius 1 is 1.00 bits per heavy atom. The highest BCUT2D eigenvalue weighted by molar-refractivity contribution is 5.76. The third kappa shape index (κ3) is 4.79. The van der Waals surface area contributed by atoms with Gasteiger partial charge in [0.1, 0.15) is 11.7 Å². The summed E-state index contributed by atoms with van der Waals surface area (Å²) in [7, 11) is 0. The number of ether oxygens (including phenoxy) is 4.